The number of alkyl carbamates (subject to hydrolysis) is 1. The lowest BCUT2D eigenvalue weighted by Gasteiger charge is -2.29. The quantitative estimate of drug-likeness (QED) is 0.556. The van der Waals surface area contributed by atoms with Crippen LogP contribution < -0.4 is 10.6 Å². The number of ether oxygens (including phenoxy) is 1. The van der Waals surface area contributed by atoms with Crippen LogP contribution in [0.25, 0.3) is 10.9 Å². The van der Waals surface area contributed by atoms with Crippen LogP contribution >= 0.6 is 0 Å². The molecule has 0 aliphatic carbocycles. The van der Waals surface area contributed by atoms with Crippen molar-refractivity contribution in [2.45, 2.75) is 59.6 Å². The third-order valence-electron chi connectivity index (χ3n) is 3.50. The number of rotatable bonds is 5. The van der Waals surface area contributed by atoms with Gasteiger partial charge in [-0.15, -0.1) is 0 Å². The molecule has 0 saturated heterocycles. The summed E-state index contributed by atoms with van der Waals surface area (Å²) >= 11 is 0. The molecule has 0 unspecified atom stereocenters. The SMILES string of the molecule is CC.CC(C)(CNc1c([N+](=O)[O-])cnc2ccccc12)NC(=O)OC(C)(C)C. The number of nitrogens with zero attached hydrogens (tertiary/aromatic N) is 2. The Hall–Kier alpha value is -2.90. The summed E-state index contributed by atoms with van der Waals surface area (Å²) in [6.45, 7) is 13.2. The number of para-hydroxylation sites is 1. The molecule has 0 fully saturated rings. The number of amides is 1. The molecule has 1 heterocycles. The van der Waals surface area contributed by atoms with Crippen LogP contribution in [-0.4, -0.2) is 33.7 Å². The molecule has 1 aromatic heterocycles. The molecule has 0 aliphatic heterocycles. The van der Waals surface area contributed by atoms with Crippen molar-refractivity contribution in [3.63, 3.8) is 0 Å². The van der Waals surface area contributed by atoms with Crippen LogP contribution in [0.5, 0.6) is 0 Å². The van der Waals surface area contributed by atoms with Gasteiger partial charge in [0.05, 0.1) is 16.0 Å². The van der Waals surface area contributed by atoms with E-state index < -0.39 is 22.2 Å². The number of benzene rings is 1. The van der Waals surface area contributed by atoms with Gasteiger partial charge in [0.25, 0.3) is 0 Å². The highest BCUT2D eigenvalue weighted by Crippen LogP contribution is 2.31. The van der Waals surface area contributed by atoms with Crippen LogP contribution in [-0.2, 0) is 4.74 Å². The number of hydrogen-bond donors (Lipinski definition) is 2. The molecular formula is C20H30N4O4. The fourth-order valence-corrected chi connectivity index (χ4v) is 2.39. The van der Waals surface area contributed by atoms with Crippen LogP contribution in [0.1, 0.15) is 48.5 Å². The number of hydrogen-bond acceptors (Lipinski definition) is 6. The van der Waals surface area contributed by atoms with Crippen molar-refractivity contribution in [3.8, 4) is 0 Å². The Morgan fingerprint density at radius 3 is 2.36 bits per heavy atom. The molecule has 0 bridgehead atoms. The second-order valence-corrected chi connectivity index (χ2v) is 7.66. The van der Waals surface area contributed by atoms with Gasteiger partial charge in [-0.25, -0.2) is 9.78 Å². The summed E-state index contributed by atoms with van der Waals surface area (Å²) in [5.74, 6) is 0. The normalized spacial score (nSPS) is 11.2. The highest BCUT2D eigenvalue weighted by molar-refractivity contribution is 5.95. The van der Waals surface area contributed by atoms with Crippen molar-refractivity contribution >= 4 is 28.4 Å². The van der Waals surface area contributed by atoms with E-state index in [9.17, 15) is 14.9 Å². The van der Waals surface area contributed by atoms with E-state index in [1.165, 1.54) is 6.20 Å². The first-order valence-electron chi connectivity index (χ1n) is 9.26. The van der Waals surface area contributed by atoms with Crippen LogP contribution in [0.15, 0.2) is 30.5 Å². The average Bonchev–Trinajstić information content (AvgIpc) is 2.58. The lowest BCUT2D eigenvalue weighted by molar-refractivity contribution is -0.384. The summed E-state index contributed by atoms with van der Waals surface area (Å²) < 4.78 is 5.26. The summed E-state index contributed by atoms with van der Waals surface area (Å²) in [7, 11) is 0. The zero-order chi connectivity index (χ0) is 21.5. The number of anilines is 1. The third-order valence-corrected chi connectivity index (χ3v) is 3.50. The average molecular weight is 390 g/mol. The molecule has 28 heavy (non-hydrogen) atoms. The summed E-state index contributed by atoms with van der Waals surface area (Å²) in [5.41, 5.74) is -0.385. The molecule has 0 radical (unpaired) electrons. The fourth-order valence-electron chi connectivity index (χ4n) is 2.39. The number of carbonyl (C=O) groups is 1. The summed E-state index contributed by atoms with van der Waals surface area (Å²) in [4.78, 5) is 27.0. The summed E-state index contributed by atoms with van der Waals surface area (Å²) in [6.07, 6.45) is 0.692. The Morgan fingerprint density at radius 2 is 1.79 bits per heavy atom. The number of carbonyl (C=O) groups excluding carboxylic acids is 1. The molecule has 1 aromatic carbocycles. The first-order valence-corrected chi connectivity index (χ1v) is 9.26. The maximum atomic E-state index is 12.0. The lowest BCUT2D eigenvalue weighted by Crippen LogP contribution is -2.50. The zero-order valence-corrected chi connectivity index (χ0v) is 17.6. The molecule has 2 aromatic rings. The van der Waals surface area contributed by atoms with Crippen LogP contribution in [0, 0.1) is 10.1 Å². The highest BCUT2D eigenvalue weighted by Gasteiger charge is 2.26. The van der Waals surface area contributed by atoms with E-state index in [1.807, 2.05) is 19.9 Å². The van der Waals surface area contributed by atoms with E-state index in [2.05, 4.69) is 15.6 Å². The first-order chi connectivity index (χ1) is 13.0. The minimum Gasteiger partial charge on any atom is -0.444 e. The predicted molar refractivity (Wildman–Crippen MR) is 112 cm³/mol. The van der Waals surface area contributed by atoms with E-state index >= 15 is 0 Å². The minimum atomic E-state index is -0.694. The molecule has 8 heteroatoms. The molecule has 0 spiro atoms. The highest BCUT2D eigenvalue weighted by atomic mass is 16.6. The Labute approximate surface area is 165 Å². The Balaban J connectivity index is 0.00000190. The second-order valence-electron chi connectivity index (χ2n) is 7.66. The molecule has 8 nitrogen and oxygen atoms in total. The Morgan fingerprint density at radius 1 is 1.18 bits per heavy atom. The number of aromatic nitrogens is 1. The summed E-state index contributed by atoms with van der Waals surface area (Å²) in [5, 5.41) is 17.9. The Bertz CT molecular complexity index is 829. The number of nitrogens with one attached hydrogen (secondary N) is 2. The van der Waals surface area contributed by atoms with Gasteiger partial charge in [0.1, 0.15) is 17.5 Å². The molecule has 1 amide bonds. The predicted octanol–water partition coefficient (Wildman–Crippen LogP) is 4.88. The van der Waals surface area contributed by atoms with Gasteiger partial charge >= 0.3 is 11.8 Å². The maximum Gasteiger partial charge on any atom is 0.408 e. The van der Waals surface area contributed by atoms with Crippen molar-refractivity contribution in [3.05, 3.63) is 40.6 Å². The van der Waals surface area contributed by atoms with Crippen molar-refractivity contribution < 1.29 is 14.5 Å². The molecular weight excluding hydrogens is 360 g/mol. The van der Waals surface area contributed by atoms with Gasteiger partial charge in [0.2, 0.25) is 0 Å². The monoisotopic (exact) mass is 390 g/mol. The van der Waals surface area contributed by atoms with Crippen LogP contribution in [0.4, 0.5) is 16.2 Å². The largest absolute Gasteiger partial charge is 0.444 e. The van der Waals surface area contributed by atoms with Crippen molar-refractivity contribution in [2.24, 2.45) is 0 Å². The molecule has 2 N–H and O–H groups in total. The van der Waals surface area contributed by atoms with Gasteiger partial charge in [-0.3, -0.25) is 10.1 Å². The lowest BCUT2D eigenvalue weighted by atomic mass is 10.1. The van der Waals surface area contributed by atoms with E-state index in [-0.39, 0.29) is 12.2 Å². The first kappa shape index (κ1) is 23.1. The van der Waals surface area contributed by atoms with Gasteiger partial charge in [0.15, 0.2) is 0 Å². The molecule has 0 saturated carbocycles. The molecule has 0 atom stereocenters. The Kier molecular flexibility index (Phi) is 7.72. The van der Waals surface area contributed by atoms with Gasteiger partial charge in [-0.05, 0) is 40.7 Å². The topological polar surface area (TPSA) is 106 Å². The molecule has 0 aliphatic rings. The fraction of sp³-hybridized carbons (Fsp3) is 0.500. The molecule has 154 valence electrons. The minimum absolute atomic E-state index is 0.114. The smallest absolute Gasteiger partial charge is 0.408 e. The van der Waals surface area contributed by atoms with E-state index in [0.29, 0.717) is 16.6 Å². The summed E-state index contributed by atoms with van der Waals surface area (Å²) in [6, 6.07) is 7.17. The van der Waals surface area contributed by atoms with Crippen molar-refractivity contribution in [2.75, 3.05) is 11.9 Å². The van der Waals surface area contributed by atoms with Crippen molar-refractivity contribution in [1.82, 2.24) is 10.3 Å². The van der Waals surface area contributed by atoms with Gasteiger partial charge in [0, 0.05) is 11.9 Å². The van der Waals surface area contributed by atoms with E-state index in [4.69, 9.17) is 4.74 Å². The number of nitro groups is 1. The van der Waals surface area contributed by atoms with Crippen molar-refractivity contribution in [1.29, 1.82) is 0 Å². The second kappa shape index (κ2) is 9.34. The van der Waals surface area contributed by atoms with Crippen LogP contribution in [0.2, 0.25) is 0 Å². The number of pyridine rings is 1. The van der Waals surface area contributed by atoms with E-state index in [0.717, 1.165) is 0 Å². The maximum absolute atomic E-state index is 12.0. The van der Waals surface area contributed by atoms with Gasteiger partial charge < -0.3 is 15.4 Å². The molecule has 2 rings (SSSR count). The third kappa shape index (κ3) is 6.68. The van der Waals surface area contributed by atoms with Crippen LogP contribution in [0.3, 0.4) is 0 Å². The van der Waals surface area contributed by atoms with Gasteiger partial charge in [-0.2, -0.15) is 0 Å². The zero-order valence-electron chi connectivity index (χ0n) is 17.6. The number of fused-ring (bicyclic) bond motifs is 1. The van der Waals surface area contributed by atoms with E-state index in [1.54, 1.807) is 52.8 Å². The standard InChI is InChI=1S/C18H24N4O4.C2H6/c1-17(2,3)26-16(23)21-18(4,5)11-20-15-12-8-6-7-9-13(12)19-10-14(15)22(24)25;1-2/h6-10H,11H2,1-5H3,(H,19,20)(H,21,23);1-2H3. The van der Waals surface area contributed by atoms with Gasteiger partial charge in [-0.1, -0.05) is 32.0 Å².